The molecule has 4 rings (SSSR count). The highest BCUT2D eigenvalue weighted by Crippen LogP contribution is 2.27. The fourth-order valence-corrected chi connectivity index (χ4v) is 4.30. The number of hydrogen-bond donors (Lipinski definition) is 1. The van der Waals surface area contributed by atoms with Gasteiger partial charge in [-0.3, -0.25) is 28.8 Å². The predicted molar refractivity (Wildman–Crippen MR) is 133 cm³/mol. The molecule has 0 aliphatic rings. The first-order valence-electron chi connectivity index (χ1n) is 10.1. The molecule has 4 aromatic rings. The first-order valence-corrected chi connectivity index (χ1v) is 11.4. The van der Waals surface area contributed by atoms with Crippen LogP contribution in [-0.2, 0) is 18.9 Å². The second kappa shape index (κ2) is 9.68. The van der Waals surface area contributed by atoms with E-state index in [1.165, 1.54) is 42.9 Å². The highest BCUT2D eigenvalue weighted by Gasteiger charge is 2.19. The number of hydrogen-bond acceptors (Lipinski definition) is 8. The van der Waals surface area contributed by atoms with Gasteiger partial charge < -0.3 is 5.32 Å². The number of carbonyl (C=O) groups excluding carboxylic acids is 1. The summed E-state index contributed by atoms with van der Waals surface area (Å²) in [4.78, 5) is 57.3. The maximum absolute atomic E-state index is 12.9. The molecule has 0 atom stereocenters. The van der Waals surface area contributed by atoms with E-state index in [2.05, 4.69) is 15.3 Å². The molecule has 0 radical (unpaired) electrons. The summed E-state index contributed by atoms with van der Waals surface area (Å²) in [5, 5.41) is 14.4. The Morgan fingerprint density at radius 1 is 1.11 bits per heavy atom. The second-order valence-corrected chi connectivity index (χ2v) is 8.81. The molecule has 0 fully saturated rings. The van der Waals surface area contributed by atoms with Crippen LogP contribution in [0, 0.1) is 10.1 Å². The van der Waals surface area contributed by atoms with E-state index in [-0.39, 0.29) is 39.2 Å². The van der Waals surface area contributed by atoms with Crippen molar-refractivity contribution in [2.45, 2.75) is 5.03 Å². The lowest BCUT2D eigenvalue weighted by molar-refractivity contribution is -0.384. The third-order valence-electron chi connectivity index (χ3n) is 5.05. The molecule has 1 N–H and O–H groups in total. The summed E-state index contributed by atoms with van der Waals surface area (Å²) in [6.45, 7) is 0. The Labute approximate surface area is 206 Å². The number of carbonyl (C=O) groups is 1. The van der Waals surface area contributed by atoms with Crippen LogP contribution in [0.2, 0.25) is 5.02 Å². The van der Waals surface area contributed by atoms with Crippen LogP contribution in [0.15, 0.2) is 63.1 Å². The van der Waals surface area contributed by atoms with Gasteiger partial charge in [-0.1, -0.05) is 29.4 Å². The Bertz CT molecular complexity index is 1600. The molecular weight excluding hydrogens is 496 g/mol. The summed E-state index contributed by atoms with van der Waals surface area (Å²) < 4.78 is 2.15. The van der Waals surface area contributed by atoms with Gasteiger partial charge in [-0.15, -0.1) is 0 Å². The van der Waals surface area contributed by atoms with Gasteiger partial charge in [0.25, 0.3) is 11.2 Å². The Morgan fingerprint density at radius 3 is 2.49 bits per heavy atom. The van der Waals surface area contributed by atoms with Crippen LogP contribution >= 0.6 is 23.4 Å². The number of aromatic nitrogens is 4. The fraction of sp³-hybridized carbons (Fsp3) is 0.136. The lowest BCUT2D eigenvalue weighted by Gasteiger charge is -2.12. The van der Waals surface area contributed by atoms with Crippen LogP contribution in [0.5, 0.6) is 0 Å². The number of non-ortho nitro benzene ring substituents is 1. The quantitative estimate of drug-likeness (QED) is 0.180. The normalized spacial score (nSPS) is 10.9. The molecule has 2 aromatic heterocycles. The summed E-state index contributed by atoms with van der Waals surface area (Å²) in [5.74, 6) is -0.305. The van der Waals surface area contributed by atoms with E-state index in [4.69, 9.17) is 11.6 Å². The Morgan fingerprint density at radius 2 is 1.83 bits per heavy atom. The third kappa shape index (κ3) is 4.93. The van der Waals surface area contributed by atoms with Crippen molar-refractivity contribution in [3.8, 4) is 11.4 Å². The molecular formula is C22H17ClN6O5S. The predicted octanol–water partition coefficient (Wildman–Crippen LogP) is 2.99. The first kappa shape index (κ1) is 24.1. The maximum Gasteiger partial charge on any atom is 0.332 e. The smallest absolute Gasteiger partial charge is 0.325 e. The standard InChI is InChI=1S/C22H17ClN6O5S/c1-27-19-17(21(31)28(2)22(27)32)20(35-11-16(30)24-14-5-3-4-13(23)10-14)26-18(25-19)12-6-8-15(9-7-12)29(33)34/h3-10H,11H2,1-2H3,(H,24,30). The van der Waals surface area contributed by atoms with Crippen molar-refractivity contribution in [2.24, 2.45) is 14.1 Å². The second-order valence-electron chi connectivity index (χ2n) is 7.41. The molecule has 2 heterocycles. The summed E-state index contributed by atoms with van der Waals surface area (Å²) in [6, 6.07) is 12.2. The molecule has 0 bridgehead atoms. The topological polar surface area (TPSA) is 142 Å². The van der Waals surface area contributed by atoms with Crippen molar-refractivity contribution in [3.63, 3.8) is 0 Å². The minimum Gasteiger partial charge on any atom is -0.325 e. The number of rotatable bonds is 6. The number of amides is 1. The Balaban J connectivity index is 1.76. The molecule has 1 amide bonds. The average Bonchev–Trinajstić information content (AvgIpc) is 2.84. The van der Waals surface area contributed by atoms with Gasteiger partial charge in [0.05, 0.1) is 10.7 Å². The van der Waals surface area contributed by atoms with E-state index >= 15 is 0 Å². The zero-order chi connectivity index (χ0) is 25.3. The van der Waals surface area contributed by atoms with Crippen LogP contribution in [0.4, 0.5) is 11.4 Å². The van der Waals surface area contributed by atoms with Crippen LogP contribution in [0.1, 0.15) is 0 Å². The van der Waals surface area contributed by atoms with Gasteiger partial charge in [-0.2, -0.15) is 0 Å². The summed E-state index contributed by atoms with van der Waals surface area (Å²) >= 11 is 6.96. The van der Waals surface area contributed by atoms with Crippen LogP contribution in [0.3, 0.4) is 0 Å². The number of nitro benzene ring substituents is 1. The molecule has 178 valence electrons. The SMILES string of the molecule is Cn1c(=O)c2c(SCC(=O)Nc3cccc(Cl)c3)nc(-c3ccc([N+](=O)[O-])cc3)nc2n(C)c1=O. The van der Waals surface area contributed by atoms with Gasteiger partial charge in [0.15, 0.2) is 11.5 Å². The lowest BCUT2D eigenvalue weighted by atomic mass is 10.2. The highest BCUT2D eigenvalue weighted by molar-refractivity contribution is 8.00. The molecule has 11 nitrogen and oxygen atoms in total. The maximum atomic E-state index is 12.9. The van der Waals surface area contributed by atoms with Gasteiger partial charge in [-0.25, -0.2) is 14.8 Å². The molecule has 2 aromatic carbocycles. The van der Waals surface area contributed by atoms with Crippen molar-refractivity contribution in [1.82, 2.24) is 19.1 Å². The number of nitrogens with zero attached hydrogens (tertiary/aromatic N) is 5. The largest absolute Gasteiger partial charge is 0.332 e. The van der Waals surface area contributed by atoms with Gasteiger partial charge in [0.2, 0.25) is 5.91 Å². The molecule has 0 saturated heterocycles. The van der Waals surface area contributed by atoms with Gasteiger partial charge in [-0.05, 0) is 30.3 Å². The minimum absolute atomic E-state index is 0.0826. The molecule has 13 heteroatoms. The van der Waals surface area contributed by atoms with E-state index < -0.39 is 16.2 Å². The van der Waals surface area contributed by atoms with E-state index in [0.29, 0.717) is 16.3 Å². The monoisotopic (exact) mass is 512 g/mol. The minimum atomic E-state index is -0.601. The number of fused-ring (bicyclic) bond motifs is 1. The van der Waals surface area contributed by atoms with E-state index in [0.717, 1.165) is 16.3 Å². The van der Waals surface area contributed by atoms with E-state index in [1.807, 2.05) is 0 Å². The highest BCUT2D eigenvalue weighted by atomic mass is 35.5. The van der Waals surface area contributed by atoms with Crippen LogP contribution in [0.25, 0.3) is 22.4 Å². The van der Waals surface area contributed by atoms with Gasteiger partial charge in [0, 0.05) is 42.5 Å². The number of nitro groups is 1. The first-order chi connectivity index (χ1) is 16.7. The summed E-state index contributed by atoms with van der Waals surface area (Å²) in [7, 11) is 2.81. The van der Waals surface area contributed by atoms with E-state index in [1.54, 1.807) is 24.3 Å². The lowest BCUT2D eigenvalue weighted by Crippen LogP contribution is -2.37. The molecule has 0 aliphatic heterocycles. The van der Waals surface area contributed by atoms with E-state index in [9.17, 15) is 24.5 Å². The number of anilines is 1. The molecule has 0 saturated carbocycles. The number of aryl methyl sites for hydroxylation is 1. The average molecular weight is 513 g/mol. The molecule has 35 heavy (non-hydrogen) atoms. The van der Waals surface area contributed by atoms with Crippen LogP contribution < -0.4 is 16.6 Å². The van der Waals surface area contributed by atoms with Crippen LogP contribution in [-0.4, -0.2) is 35.7 Å². The number of benzene rings is 2. The zero-order valence-electron chi connectivity index (χ0n) is 18.4. The van der Waals surface area contributed by atoms with Gasteiger partial charge >= 0.3 is 5.69 Å². The summed E-state index contributed by atoms with van der Waals surface area (Å²) in [6.07, 6.45) is 0. The van der Waals surface area contributed by atoms with Crippen molar-refractivity contribution in [1.29, 1.82) is 0 Å². The number of halogens is 1. The Hall–Kier alpha value is -4.03. The van der Waals surface area contributed by atoms with Gasteiger partial charge in [0.1, 0.15) is 10.4 Å². The third-order valence-corrected chi connectivity index (χ3v) is 6.26. The van der Waals surface area contributed by atoms with Crippen molar-refractivity contribution in [3.05, 3.63) is 84.5 Å². The van der Waals surface area contributed by atoms with Crippen molar-refractivity contribution >= 4 is 51.7 Å². The number of thioether (sulfide) groups is 1. The Kier molecular flexibility index (Phi) is 6.67. The summed E-state index contributed by atoms with van der Waals surface area (Å²) in [5.41, 5.74) is -0.250. The zero-order valence-corrected chi connectivity index (χ0v) is 20.0. The molecule has 0 aliphatic carbocycles. The van der Waals surface area contributed by atoms with Crippen molar-refractivity contribution in [2.75, 3.05) is 11.1 Å². The fourth-order valence-electron chi connectivity index (χ4n) is 3.29. The van der Waals surface area contributed by atoms with Crippen molar-refractivity contribution < 1.29 is 9.72 Å². The molecule has 0 unspecified atom stereocenters. The number of nitrogens with one attached hydrogen (secondary N) is 1. The molecule has 0 spiro atoms.